The molecule has 4 heteroatoms. The summed E-state index contributed by atoms with van der Waals surface area (Å²) < 4.78 is 5.06. The molecule has 0 aromatic heterocycles. The van der Waals surface area contributed by atoms with Crippen LogP contribution in [-0.2, 0) is 14.3 Å². The summed E-state index contributed by atoms with van der Waals surface area (Å²) in [6.45, 7) is 0. The van der Waals surface area contributed by atoms with Gasteiger partial charge in [0.05, 0.1) is 7.11 Å². The molecule has 0 fully saturated rings. The first kappa shape index (κ1) is 20.0. The van der Waals surface area contributed by atoms with Crippen LogP contribution in [0.2, 0.25) is 0 Å². The van der Waals surface area contributed by atoms with Gasteiger partial charge in [0.15, 0.2) is 11.5 Å². The third kappa shape index (κ3) is 3.65. The number of carbonyl (C=O) groups is 2. The second-order valence-electron chi connectivity index (χ2n) is 7.09. The van der Waals surface area contributed by atoms with E-state index in [1.807, 2.05) is 54.6 Å². The van der Waals surface area contributed by atoms with Crippen LogP contribution in [0.3, 0.4) is 0 Å². The maximum absolute atomic E-state index is 12.9. The third-order valence-electron chi connectivity index (χ3n) is 5.35. The van der Waals surface area contributed by atoms with Crippen LogP contribution in [-0.4, -0.2) is 24.8 Å². The molecule has 0 unspecified atom stereocenters. The lowest BCUT2D eigenvalue weighted by Gasteiger charge is -2.28. The fraction of sp³-hybridized carbons (Fsp3) is 0.0769. The van der Waals surface area contributed by atoms with E-state index in [0.717, 1.165) is 0 Å². The number of ketones is 2. The first-order valence-electron chi connectivity index (χ1n) is 9.75. The van der Waals surface area contributed by atoms with Gasteiger partial charge in [-0.3, -0.25) is 9.59 Å². The summed E-state index contributed by atoms with van der Waals surface area (Å²) in [4.78, 5) is 25.4. The van der Waals surface area contributed by atoms with E-state index in [1.54, 1.807) is 0 Å². The van der Waals surface area contributed by atoms with E-state index in [0.29, 0.717) is 11.7 Å². The molecule has 0 atom stereocenters. The van der Waals surface area contributed by atoms with Crippen molar-refractivity contribution in [3.05, 3.63) is 114 Å². The molecule has 0 saturated carbocycles. The molecule has 0 aliphatic heterocycles. The summed E-state index contributed by atoms with van der Waals surface area (Å²) in [5.41, 5.74) is 0.519. The molecule has 0 saturated heterocycles. The van der Waals surface area contributed by atoms with E-state index >= 15 is 0 Å². The number of allylic oxidation sites excluding steroid dienone is 3. The van der Waals surface area contributed by atoms with E-state index in [2.05, 4.69) is 36.4 Å². The topological polar surface area (TPSA) is 43.4 Å². The highest BCUT2D eigenvalue weighted by Crippen LogP contribution is 2.56. The zero-order valence-electron chi connectivity index (χ0n) is 16.7. The average Bonchev–Trinajstić information content (AvgIpc) is 2.81. The molecule has 4 rings (SSSR count). The first-order chi connectivity index (χ1) is 14.6. The van der Waals surface area contributed by atoms with Crippen LogP contribution >= 0.6 is 7.26 Å². The molecule has 0 spiro atoms. The summed E-state index contributed by atoms with van der Waals surface area (Å²) in [5.74, 6) is -0.343. The predicted molar refractivity (Wildman–Crippen MR) is 123 cm³/mol. The van der Waals surface area contributed by atoms with Gasteiger partial charge >= 0.3 is 0 Å². The van der Waals surface area contributed by atoms with Gasteiger partial charge in [0.1, 0.15) is 29.3 Å². The monoisotopic (exact) mass is 413 g/mol. The Hall–Kier alpha value is -3.29. The molecule has 30 heavy (non-hydrogen) atoms. The van der Waals surface area contributed by atoms with E-state index in [4.69, 9.17) is 4.74 Å². The van der Waals surface area contributed by atoms with Crippen molar-refractivity contribution in [2.75, 3.05) is 13.3 Å². The second-order valence-corrected chi connectivity index (χ2v) is 10.6. The lowest BCUT2D eigenvalue weighted by atomic mass is 10.0. The molecule has 0 amide bonds. The van der Waals surface area contributed by atoms with Crippen molar-refractivity contribution < 1.29 is 14.3 Å². The molecule has 0 radical (unpaired) electrons. The smallest absolute Gasteiger partial charge is 0.221 e. The Morgan fingerprint density at radius 2 is 1.07 bits per heavy atom. The number of hydrogen-bond acceptors (Lipinski definition) is 3. The Balaban J connectivity index is 1.95. The zero-order valence-corrected chi connectivity index (χ0v) is 17.6. The van der Waals surface area contributed by atoms with Crippen molar-refractivity contribution in [1.29, 1.82) is 0 Å². The van der Waals surface area contributed by atoms with Gasteiger partial charge in [-0.05, 0) is 36.4 Å². The van der Waals surface area contributed by atoms with E-state index in [9.17, 15) is 9.59 Å². The van der Waals surface area contributed by atoms with Crippen LogP contribution in [0.5, 0.6) is 0 Å². The molecule has 3 aromatic carbocycles. The van der Waals surface area contributed by atoms with Gasteiger partial charge in [-0.2, -0.15) is 0 Å². The van der Waals surface area contributed by atoms with Gasteiger partial charge in [-0.1, -0.05) is 54.6 Å². The molecular formula is C26H22O3P+. The number of rotatable bonds is 6. The van der Waals surface area contributed by atoms with Crippen LogP contribution in [0, 0.1) is 0 Å². The lowest BCUT2D eigenvalue weighted by Crippen LogP contribution is -2.35. The van der Waals surface area contributed by atoms with Crippen LogP contribution in [0.4, 0.5) is 0 Å². The first-order valence-corrected chi connectivity index (χ1v) is 11.7. The minimum Gasteiger partial charge on any atom is -0.493 e. The molecule has 0 N–H and O–H groups in total. The fourth-order valence-electron chi connectivity index (χ4n) is 3.89. The SMILES string of the molecule is COC1=CC(=O)C(C[P+](c2ccccc2)(c2ccccc2)c2ccccc2)=CC1=O. The Morgan fingerprint density at radius 1 is 0.633 bits per heavy atom. The van der Waals surface area contributed by atoms with Gasteiger partial charge in [0.25, 0.3) is 0 Å². The van der Waals surface area contributed by atoms with Gasteiger partial charge in [0.2, 0.25) is 5.78 Å². The Morgan fingerprint density at radius 3 is 1.47 bits per heavy atom. The van der Waals surface area contributed by atoms with Crippen LogP contribution in [0.1, 0.15) is 0 Å². The molecular weight excluding hydrogens is 391 g/mol. The van der Waals surface area contributed by atoms with Gasteiger partial charge < -0.3 is 4.74 Å². The van der Waals surface area contributed by atoms with E-state index < -0.39 is 7.26 Å². The molecule has 3 aromatic rings. The highest BCUT2D eigenvalue weighted by Gasteiger charge is 2.47. The second kappa shape index (κ2) is 8.61. The molecule has 1 aliphatic rings. The maximum Gasteiger partial charge on any atom is 0.221 e. The normalized spacial score (nSPS) is 14.2. The van der Waals surface area contributed by atoms with Crippen molar-refractivity contribution in [1.82, 2.24) is 0 Å². The summed E-state index contributed by atoms with van der Waals surface area (Å²) in [7, 11) is -0.817. The van der Waals surface area contributed by atoms with Crippen LogP contribution < -0.4 is 15.9 Å². The number of carbonyl (C=O) groups excluding carboxylic acids is 2. The third-order valence-corrected chi connectivity index (χ3v) is 9.70. The van der Waals surface area contributed by atoms with Crippen molar-refractivity contribution in [2.45, 2.75) is 0 Å². The lowest BCUT2D eigenvalue weighted by molar-refractivity contribution is -0.117. The number of hydrogen-bond donors (Lipinski definition) is 0. The van der Waals surface area contributed by atoms with Crippen LogP contribution in [0.15, 0.2) is 114 Å². The van der Waals surface area contributed by atoms with E-state index in [1.165, 1.54) is 35.2 Å². The average molecular weight is 413 g/mol. The van der Waals surface area contributed by atoms with Crippen molar-refractivity contribution in [3.63, 3.8) is 0 Å². The van der Waals surface area contributed by atoms with Gasteiger partial charge in [-0.15, -0.1) is 0 Å². The summed E-state index contributed by atoms with van der Waals surface area (Å²) in [6, 6.07) is 30.9. The van der Waals surface area contributed by atoms with E-state index in [-0.39, 0.29) is 17.3 Å². The number of benzene rings is 3. The minimum atomic E-state index is -2.23. The number of ether oxygens (including phenoxy) is 1. The summed E-state index contributed by atoms with van der Waals surface area (Å²) in [6.07, 6.45) is 3.24. The number of methoxy groups -OCH3 is 1. The minimum absolute atomic E-state index is 0.0896. The van der Waals surface area contributed by atoms with Crippen molar-refractivity contribution in [2.24, 2.45) is 0 Å². The standard InChI is InChI=1S/C26H22O3P/c1-29-26-18-24(27)20(17-25(26)28)19-30(21-11-5-2-6-12-21,22-13-7-3-8-14-22)23-15-9-4-10-16-23/h2-18H,19H2,1H3/q+1. The quantitative estimate of drug-likeness (QED) is 0.458. The molecule has 0 bridgehead atoms. The maximum atomic E-state index is 12.9. The largest absolute Gasteiger partial charge is 0.493 e. The van der Waals surface area contributed by atoms with Crippen LogP contribution in [0.25, 0.3) is 0 Å². The van der Waals surface area contributed by atoms with Crippen molar-refractivity contribution in [3.8, 4) is 0 Å². The molecule has 1 aliphatic carbocycles. The molecule has 3 nitrogen and oxygen atoms in total. The highest BCUT2D eigenvalue weighted by atomic mass is 31.2. The summed E-state index contributed by atoms with van der Waals surface area (Å²) in [5, 5.41) is 3.51. The van der Waals surface area contributed by atoms with Crippen molar-refractivity contribution >= 4 is 34.7 Å². The fourth-order valence-corrected chi connectivity index (χ4v) is 8.13. The molecule has 148 valence electrons. The predicted octanol–water partition coefficient (Wildman–Crippen LogP) is 3.59. The Labute approximate surface area is 177 Å². The van der Waals surface area contributed by atoms with Gasteiger partial charge in [-0.25, -0.2) is 0 Å². The Kier molecular flexibility index (Phi) is 5.74. The molecule has 0 heterocycles. The Bertz CT molecular complexity index is 1020. The zero-order chi connectivity index (χ0) is 21.0. The van der Waals surface area contributed by atoms with Gasteiger partial charge in [0, 0.05) is 17.7 Å². The highest BCUT2D eigenvalue weighted by molar-refractivity contribution is 7.95. The summed E-state index contributed by atoms with van der Waals surface area (Å²) >= 11 is 0.